The highest BCUT2D eigenvalue weighted by Gasteiger charge is 2.36. The normalized spacial score (nSPS) is 37.5. The van der Waals surface area contributed by atoms with Crippen LogP contribution in [0.15, 0.2) is 0 Å². The van der Waals surface area contributed by atoms with Gasteiger partial charge in [-0.3, -0.25) is 10.1 Å². The number of rotatable bonds is 2. The molecule has 0 spiro atoms. The van der Waals surface area contributed by atoms with Gasteiger partial charge in [0, 0.05) is 5.54 Å². The maximum atomic E-state index is 10.5. The summed E-state index contributed by atoms with van der Waals surface area (Å²) in [4.78, 5) is 10.5. The van der Waals surface area contributed by atoms with Crippen LogP contribution in [0.4, 0.5) is 0 Å². The molecule has 1 aliphatic heterocycles. The molecular weight excluding hydrogens is 146 g/mol. The fourth-order valence-electron chi connectivity index (χ4n) is 1.34. The highest BCUT2D eigenvalue weighted by Crippen LogP contribution is 2.22. The number of hydrogen-bond acceptors (Lipinski definition) is 3. The van der Waals surface area contributed by atoms with Gasteiger partial charge in [0.2, 0.25) is 0 Å². The quantitative estimate of drug-likeness (QED) is 0.511. The standard InChI is InChI=1S/C7H13NO3/c1-7(4-9)3-2-5(8-7)6(10)11/h5,8-9H,2-4H2,1H3,(H,10,11). The van der Waals surface area contributed by atoms with E-state index >= 15 is 0 Å². The van der Waals surface area contributed by atoms with Crippen LogP contribution >= 0.6 is 0 Å². The van der Waals surface area contributed by atoms with Crippen LogP contribution in [-0.4, -0.2) is 34.4 Å². The number of nitrogens with one attached hydrogen (secondary N) is 1. The Morgan fingerprint density at radius 1 is 1.82 bits per heavy atom. The molecule has 0 aliphatic carbocycles. The molecule has 4 nitrogen and oxygen atoms in total. The van der Waals surface area contributed by atoms with Crippen LogP contribution in [-0.2, 0) is 4.79 Å². The van der Waals surface area contributed by atoms with Gasteiger partial charge >= 0.3 is 5.97 Å². The van der Waals surface area contributed by atoms with Crippen molar-refractivity contribution < 1.29 is 15.0 Å². The first-order chi connectivity index (χ1) is 5.07. The van der Waals surface area contributed by atoms with Gasteiger partial charge in [0.1, 0.15) is 6.04 Å². The van der Waals surface area contributed by atoms with E-state index in [0.29, 0.717) is 6.42 Å². The van der Waals surface area contributed by atoms with Crippen molar-refractivity contribution in [2.75, 3.05) is 6.61 Å². The van der Waals surface area contributed by atoms with Crippen LogP contribution < -0.4 is 5.32 Å². The first-order valence-electron chi connectivity index (χ1n) is 3.69. The van der Waals surface area contributed by atoms with Crippen molar-refractivity contribution in [2.45, 2.75) is 31.3 Å². The molecule has 1 heterocycles. The number of aliphatic carboxylic acids is 1. The maximum Gasteiger partial charge on any atom is 0.320 e. The second-order valence-corrected chi connectivity index (χ2v) is 3.29. The van der Waals surface area contributed by atoms with Gasteiger partial charge in [0.25, 0.3) is 0 Å². The number of aliphatic hydroxyl groups excluding tert-OH is 1. The molecule has 0 saturated carbocycles. The highest BCUT2D eigenvalue weighted by atomic mass is 16.4. The monoisotopic (exact) mass is 159 g/mol. The summed E-state index contributed by atoms with van der Waals surface area (Å²) in [5.41, 5.74) is -0.386. The fraction of sp³-hybridized carbons (Fsp3) is 0.857. The molecule has 3 N–H and O–H groups in total. The van der Waals surface area contributed by atoms with E-state index in [9.17, 15) is 4.79 Å². The molecule has 4 heteroatoms. The van der Waals surface area contributed by atoms with Gasteiger partial charge in [-0.2, -0.15) is 0 Å². The van der Waals surface area contributed by atoms with Crippen molar-refractivity contribution in [1.82, 2.24) is 5.32 Å². The molecule has 0 bridgehead atoms. The van der Waals surface area contributed by atoms with Gasteiger partial charge in [-0.05, 0) is 19.8 Å². The number of aliphatic hydroxyl groups is 1. The Kier molecular flexibility index (Phi) is 2.15. The van der Waals surface area contributed by atoms with E-state index in [-0.39, 0.29) is 12.1 Å². The molecule has 1 saturated heterocycles. The van der Waals surface area contributed by atoms with E-state index in [1.54, 1.807) is 0 Å². The zero-order valence-electron chi connectivity index (χ0n) is 6.50. The molecular formula is C7H13NO3. The molecule has 0 aromatic heterocycles. The van der Waals surface area contributed by atoms with Crippen molar-refractivity contribution in [2.24, 2.45) is 0 Å². The maximum absolute atomic E-state index is 10.5. The second-order valence-electron chi connectivity index (χ2n) is 3.29. The first-order valence-corrected chi connectivity index (χ1v) is 3.69. The van der Waals surface area contributed by atoms with Gasteiger partial charge in [-0.25, -0.2) is 0 Å². The van der Waals surface area contributed by atoms with E-state index < -0.39 is 12.0 Å². The SMILES string of the molecule is CC1(CO)CCC(C(=O)O)N1. The van der Waals surface area contributed by atoms with Crippen LogP contribution in [0.25, 0.3) is 0 Å². The molecule has 0 aromatic rings. The minimum absolute atomic E-state index is 0.00319. The lowest BCUT2D eigenvalue weighted by Gasteiger charge is -2.21. The van der Waals surface area contributed by atoms with E-state index in [1.807, 2.05) is 6.92 Å². The molecule has 64 valence electrons. The average Bonchev–Trinajstić information content (AvgIpc) is 2.33. The largest absolute Gasteiger partial charge is 0.480 e. The van der Waals surface area contributed by atoms with Gasteiger partial charge in [0.05, 0.1) is 6.61 Å². The van der Waals surface area contributed by atoms with Gasteiger partial charge in [0.15, 0.2) is 0 Å². The molecule has 1 fully saturated rings. The Labute approximate surface area is 65.2 Å². The molecule has 0 radical (unpaired) electrons. The van der Waals surface area contributed by atoms with Gasteiger partial charge < -0.3 is 10.2 Å². The molecule has 1 rings (SSSR count). The van der Waals surface area contributed by atoms with E-state index in [1.165, 1.54) is 0 Å². The van der Waals surface area contributed by atoms with Crippen molar-refractivity contribution in [3.05, 3.63) is 0 Å². The third-order valence-electron chi connectivity index (χ3n) is 2.15. The van der Waals surface area contributed by atoms with Crippen LogP contribution in [0.5, 0.6) is 0 Å². The van der Waals surface area contributed by atoms with Crippen molar-refractivity contribution in [1.29, 1.82) is 0 Å². The Hall–Kier alpha value is -0.610. The van der Waals surface area contributed by atoms with Crippen LogP contribution in [0.1, 0.15) is 19.8 Å². The zero-order chi connectivity index (χ0) is 8.48. The minimum Gasteiger partial charge on any atom is -0.480 e. The molecule has 0 aromatic carbocycles. The van der Waals surface area contributed by atoms with Gasteiger partial charge in [-0.15, -0.1) is 0 Å². The fourth-order valence-corrected chi connectivity index (χ4v) is 1.34. The zero-order valence-corrected chi connectivity index (χ0v) is 6.50. The van der Waals surface area contributed by atoms with E-state index in [0.717, 1.165) is 6.42 Å². The lowest BCUT2D eigenvalue weighted by molar-refractivity contribution is -0.139. The van der Waals surface area contributed by atoms with Crippen LogP contribution in [0.3, 0.4) is 0 Å². The Bertz CT molecular complexity index is 171. The van der Waals surface area contributed by atoms with Crippen LogP contribution in [0.2, 0.25) is 0 Å². The van der Waals surface area contributed by atoms with E-state index in [4.69, 9.17) is 10.2 Å². The summed E-state index contributed by atoms with van der Waals surface area (Å²) in [6, 6.07) is -0.479. The lowest BCUT2D eigenvalue weighted by atomic mass is 10.0. The van der Waals surface area contributed by atoms with E-state index in [2.05, 4.69) is 5.32 Å². The molecule has 2 atom stereocenters. The number of carbonyl (C=O) groups is 1. The summed E-state index contributed by atoms with van der Waals surface area (Å²) in [6.07, 6.45) is 1.33. The predicted molar refractivity (Wildman–Crippen MR) is 39.3 cm³/mol. The summed E-state index contributed by atoms with van der Waals surface area (Å²) < 4.78 is 0. The number of hydrogen-bond donors (Lipinski definition) is 3. The molecule has 2 unspecified atom stereocenters. The highest BCUT2D eigenvalue weighted by molar-refractivity contribution is 5.74. The summed E-state index contributed by atoms with van der Waals surface area (Å²) in [7, 11) is 0. The van der Waals surface area contributed by atoms with Crippen LogP contribution in [0, 0.1) is 0 Å². The third kappa shape index (κ3) is 1.70. The summed E-state index contributed by atoms with van der Waals surface area (Å²) in [5.74, 6) is -0.831. The molecule has 1 aliphatic rings. The Balaban J connectivity index is 2.53. The van der Waals surface area contributed by atoms with Crippen molar-refractivity contribution in [3.8, 4) is 0 Å². The first kappa shape index (κ1) is 8.49. The summed E-state index contributed by atoms with van der Waals surface area (Å²) in [6.45, 7) is 1.83. The second kappa shape index (κ2) is 2.79. The predicted octanol–water partition coefficient (Wildman–Crippen LogP) is -0.426. The van der Waals surface area contributed by atoms with Crippen molar-refractivity contribution >= 4 is 5.97 Å². The lowest BCUT2D eigenvalue weighted by Crippen LogP contribution is -2.45. The smallest absolute Gasteiger partial charge is 0.320 e. The third-order valence-corrected chi connectivity index (χ3v) is 2.15. The molecule has 11 heavy (non-hydrogen) atoms. The number of carboxylic acid groups (broad SMARTS) is 1. The average molecular weight is 159 g/mol. The minimum atomic E-state index is -0.831. The summed E-state index contributed by atoms with van der Waals surface area (Å²) >= 11 is 0. The Morgan fingerprint density at radius 2 is 2.45 bits per heavy atom. The topological polar surface area (TPSA) is 69.6 Å². The van der Waals surface area contributed by atoms with Crippen molar-refractivity contribution in [3.63, 3.8) is 0 Å². The van der Waals surface area contributed by atoms with Gasteiger partial charge in [-0.1, -0.05) is 0 Å². The molecule has 0 amide bonds. The summed E-state index contributed by atoms with van der Waals surface area (Å²) in [5, 5.41) is 20.3. The number of carboxylic acids is 1. The Morgan fingerprint density at radius 3 is 2.73 bits per heavy atom.